The zero-order chi connectivity index (χ0) is 4.28. The van der Waals surface area contributed by atoms with E-state index in [1.165, 1.54) is 5.91 Å². The van der Waals surface area contributed by atoms with E-state index < -0.39 is 8.80 Å². The Morgan fingerprint density at radius 2 is 1.80 bits per heavy atom. The Kier molecular flexibility index (Phi) is 2.10. The highest BCUT2D eigenvalue weighted by atomic mass is 28.3. The molecule has 0 saturated heterocycles. The summed E-state index contributed by atoms with van der Waals surface area (Å²) in [5.74, 6) is 1.31. The van der Waals surface area contributed by atoms with Crippen molar-refractivity contribution in [3.05, 3.63) is 0 Å². The van der Waals surface area contributed by atoms with Crippen LogP contribution in [0.25, 0.3) is 0 Å². The molecule has 0 rings (SSSR count). The summed E-state index contributed by atoms with van der Waals surface area (Å²) in [6, 6.07) is 0. The Hall–Kier alpha value is -0.113. The molecule has 0 atom stereocenters. The van der Waals surface area contributed by atoms with Gasteiger partial charge in [-0.05, 0) is 0 Å². The second-order valence-corrected chi connectivity index (χ2v) is 4.18. The molecule has 0 amide bonds. The van der Waals surface area contributed by atoms with Crippen molar-refractivity contribution in [1.29, 1.82) is 0 Å². The van der Waals surface area contributed by atoms with Crippen LogP contribution in [0.4, 0.5) is 0 Å². The lowest BCUT2D eigenvalue weighted by molar-refractivity contribution is 0.701. The van der Waals surface area contributed by atoms with Gasteiger partial charge in [-0.15, -0.1) is 0 Å². The molecule has 0 radical (unpaired) electrons. The maximum absolute atomic E-state index is 8.08. The lowest BCUT2D eigenvalue weighted by atomic mass is 11.8. The van der Waals surface area contributed by atoms with Gasteiger partial charge in [0.1, 0.15) is 0 Å². The summed E-state index contributed by atoms with van der Waals surface area (Å²) in [7, 11) is -0.719. The maximum atomic E-state index is 8.08. The van der Waals surface area contributed by atoms with Crippen LogP contribution in [-0.4, -0.2) is 19.5 Å². The molecule has 5 heavy (non-hydrogen) atoms. The topological polar surface area (TPSA) is 21.4 Å². The molecule has 0 aromatic heterocycles. The lowest BCUT2D eigenvalue weighted by Crippen LogP contribution is -1.99. The summed E-state index contributed by atoms with van der Waals surface area (Å²) in [6.07, 6.45) is 0. The Morgan fingerprint density at radius 3 is 1.80 bits per heavy atom. The molecule has 0 aromatic rings. The molecule has 0 aromatic carbocycles. The Labute approximate surface area is 33.6 Å². The van der Waals surface area contributed by atoms with E-state index in [0.29, 0.717) is 0 Å². The molecule has 2 heteroatoms. The molecule has 0 saturated carbocycles. The van der Waals surface area contributed by atoms with Crippen molar-refractivity contribution in [1.82, 2.24) is 0 Å². The minimum Gasteiger partial charge on any atom is -0.294 e. The number of hydrogen-bond donors (Lipinski definition) is 0. The van der Waals surface area contributed by atoms with Crippen molar-refractivity contribution in [2.45, 2.75) is 13.1 Å². The molecule has 0 spiro atoms. The van der Waals surface area contributed by atoms with E-state index in [9.17, 15) is 0 Å². The summed E-state index contributed by atoms with van der Waals surface area (Å²) in [5, 5.41) is 0. The quantitative estimate of drug-likeness (QED) is 0.248. The lowest BCUT2D eigenvalue weighted by Gasteiger charge is -1.69. The molecule has 0 heterocycles. The SMILES string of the molecule is C[SiH](C)C=[OH+]. The molecule has 1 nitrogen and oxygen atoms in total. The van der Waals surface area contributed by atoms with Crippen LogP contribution in [0.2, 0.25) is 13.1 Å². The highest BCUT2D eigenvalue weighted by Gasteiger charge is 1.90. The first-order valence-corrected chi connectivity index (χ1v) is 4.72. The Balaban J connectivity index is 2.83. The van der Waals surface area contributed by atoms with Crippen LogP contribution in [0.3, 0.4) is 0 Å². The van der Waals surface area contributed by atoms with Gasteiger partial charge in [-0.3, -0.25) is 4.79 Å². The standard InChI is InChI=1S/C3H8OSi/c1-5(2)3-4/h3,5H,1-2H3/p+1. The van der Waals surface area contributed by atoms with Crippen molar-refractivity contribution < 1.29 is 4.79 Å². The first kappa shape index (κ1) is 4.89. The summed E-state index contributed by atoms with van der Waals surface area (Å²) < 4.78 is 0. The molecule has 0 aliphatic heterocycles. The molecule has 0 unspecified atom stereocenters. The van der Waals surface area contributed by atoms with E-state index >= 15 is 0 Å². The fourth-order valence-corrected chi connectivity index (χ4v) is 0. The fourth-order valence-electron chi connectivity index (χ4n) is 0. The van der Waals surface area contributed by atoms with E-state index in [4.69, 9.17) is 4.79 Å². The predicted molar refractivity (Wildman–Crippen MR) is 26.9 cm³/mol. The average Bonchev–Trinajstić information content (AvgIpc) is 1.38. The van der Waals surface area contributed by atoms with Crippen LogP contribution in [0.1, 0.15) is 0 Å². The van der Waals surface area contributed by atoms with Crippen LogP contribution in [0.15, 0.2) is 0 Å². The molecular formula is C3H9OSi+. The van der Waals surface area contributed by atoms with Gasteiger partial charge in [-0.2, -0.15) is 0 Å². The van der Waals surface area contributed by atoms with Gasteiger partial charge >= 0.3 is 0 Å². The van der Waals surface area contributed by atoms with Gasteiger partial charge < -0.3 is 0 Å². The second kappa shape index (κ2) is 2.14. The zero-order valence-corrected chi connectivity index (χ0v) is 4.76. The van der Waals surface area contributed by atoms with Crippen LogP contribution >= 0.6 is 0 Å². The first-order chi connectivity index (χ1) is 2.27. The normalized spacial score (nSPS) is 8.60. The molecule has 30 valence electrons. The van der Waals surface area contributed by atoms with E-state index in [2.05, 4.69) is 13.1 Å². The minimum absolute atomic E-state index is 0.719. The number of carbonyl (C=O) groups excluding carboxylic acids is 1. The van der Waals surface area contributed by atoms with Crippen molar-refractivity contribution in [3.63, 3.8) is 0 Å². The van der Waals surface area contributed by atoms with Crippen molar-refractivity contribution in [3.8, 4) is 0 Å². The van der Waals surface area contributed by atoms with Crippen LogP contribution < -0.4 is 0 Å². The summed E-state index contributed by atoms with van der Waals surface area (Å²) in [5.41, 5.74) is 0. The van der Waals surface area contributed by atoms with Crippen molar-refractivity contribution in [2.24, 2.45) is 0 Å². The van der Waals surface area contributed by atoms with Crippen LogP contribution in [0, 0.1) is 0 Å². The summed E-state index contributed by atoms with van der Waals surface area (Å²) >= 11 is 0. The third-order valence-corrected chi connectivity index (χ3v) is 0.894. The van der Waals surface area contributed by atoms with Gasteiger partial charge in [0, 0.05) is 0 Å². The Bertz CT molecular complexity index is 33.9. The van der Waals surface area contributed by atoms with Gasteiger partial charge in [-0.25, -0.2) is 0 Å². The first-order valence-electron chi connectivity index (χ1n) is 1.75. The number of hydrogen-bond acceptors (Lipinski definition) is 0. The average molecular weight is 89.2 g/mol. The highest BCUT2D eigenvalue weighted by Crippen LogP contribution is 1.64. The fraction of sp³-hybridized carbons (Fsp3) is 0.667. The third-order valence-electron chi connectivity index (χ3n) is 0.298. The summed E-state index contributed by atoms with van der Waals surface area (Å²) in [4.78, 5) is 8.08. The largest absolute Gasteiger partial charge is 0.294 e. The smallest absolute Gasteiger partial charge is 0.243 e. The van der Waals surface area contributed by atoms with Crippen LogP contribution in [-0.2, 0) is 0 Å². The van der Waals surface area contributed by atoms with E-state index in [1.807, 2.05) is 0 Å². The van der Waals surface area contributed by atoms with Gasteiger partial charge in [0.15, 0.2) is 8.80 Å². The zero-order valence-electron chi connectivity index (χ0n) is 3.60. The highest BCUT2D eigenvalue weighted by molar-refractivity contribution is 6.82. The second-order valence-electron chi connectivity index (χ2n) is 1.39. The van der Waals surface area contributed by atoms with Crippen molar-refractivity contribution in [2.75, 3.05) is 0 Å². The van der Waals surface area contributed by atoms with Crippen molar-refractivity contribution >= 4 is 14.7 Å². The van der Waals surface area contributed by atoms with E-state index in [0.717, 1.165) is 0 Å². The van der Waals surface area contributed by atoms with Gasteiger partial charge in [-0.1, -0.05) is 13.1 Å². The summed E-state index contributed by atoms with van der Waals surface area (Å²) in [6.45, 7) is 4.11. The maximum Gasteiger partial charge on any atom is 0.243 e. The van der Waals surface area contributed by atoms with Crippen LogP contribution in [0.5, 0.6) is 0 Å². The molecule has 0 fully saturated rings. The third kappa shape index (κ3) is 3.89. The molecule has 0 aliphatic rings. The Morgan fingerprint density at radius 1 is 1.60 bits per heavy atom. The van der Waals surface area contributed by atoms with Gasteiger partial charge in [0.05, 0.1) is 0 Å². The molecule has 1 N–H and O–H groups in total. The van der Waals surface area contributed by atoms with E-state index in [1.54, 1.807) is 0 Å². The minimum atomic E-state index is -0.719. The number of rotatable bonds is 1. The van der Waals surface area contributed by atoms with Gasteiger partial charge in [0.2, 0.25) is 5.91 Å². The molecule has 0 aliphatic carbocycles. The van der Waals surface area contributed by atoms with Gasteiger partial charge in [0.25, 0.3) is 0 Å². The van der Waals surface area contributed by atoms with E-state index in [-0.39, 0.29) is 0 Å². The predicted octanol–water partition coefficient (Wildman–Crippen LogP) is 0.187. The molecular weight excluding hydrogens is 80.1 g/mol. The molecule has 0 bridgehead atoms. The monoisotopic (exact) mass is 89.0 g/mol.